The fourth-order valence-corrected chi connectivity index (χ4v) is 4.01. The number of H-pyrrole nitrogens is 1. The molecule has 34 heavy (non-hydrogen) atoms. The lowest BCUT2D eigenvalue weighted by atomic mass is 10.0. The lowest BCUT2D eigenvalue weighted by molar-refractivity contribution is 0.262. The third kappa shape index (κ3) is 4.57. The van der Waals surface area contributed by atoms with E-state index >= 15 is 0 Å². The number of pyridine rings is 1. The third-order valence-electron chi connectivity index (χ3n) is 5.32. The molecule has 5 rings (SSSR count). The molecule has 2 amide bonds. The van der Waals surface area contributed by atoms with Crippen LogP contribution in [0, 0.1) is 0 Å². The van der Waals surface area contributed by atoms with Gasteiger partial charge in [-0.3, -0.25) is 9.78 Å². The van der Waals surface area contributed by atoms with Crippen LogP contribution in [0.5, 0.6) is 0 Å². The number of hydrogen-bond donors (Lipinski definition) is 3. The molecule has 0 radical (unpaired) electrons. The number of amides is 2. The number of aromatic amines is 1. The molecule has 0 spiro atoms. The summed E-state index contributed by atoms with van der Waals surface area (Å²) in [6.07, 6.45) is 2.31. The van der Waals surface area contributed by atoms with Crippen molar-refractivity contribution >= 4 is 62.3 Å². The predicted molar refractivity (Wildman–Crippen MR) is 136 cm³/mol. The number of urea groups is 1. The first-order chi connectivity index (χ1) is 16.5. The summed E-state index contributed by atoms with van der Waals surface area (Å²) in [5, 5.41) is 15.1. The Hall–Kier alpha value is -3.94. The second-order valence-corrected chi connectivity index (χ2v) is 8.50. The van der Waals surface area contributed by atoms with Gasteiger partial charge in [-0.1, -0.05) is 47.5 Å². The highest BCUT2D eigenvalue weighted by atomic mass is 35.5. The molecule has 0 aliphatic heterocycles. The average Bonchev–Trinajstić information content (AvgIpc) is 2.83. The summed E-state index contributed by atoms with van der Waals surface area (Å²) in [7, 11) is 0. The van der Waals surface area contributed by atoms with Crippen LogP contribution in [0.3, 0.4) is 0 Å². The number of anilines is 2. The maximum Gasteiger partial charge on any atom is 0.323 e. The maximum absolute atomic E-state index is 12.5. The second-order valence-electron chi connectivity index (χ2n) is 7.68. The summed E-state index contributed by atoms with van der Waals surface area (Å²) in [4.78, 5) is 29.4. The summed E-state index contributed by atoms with van der Waals surface area (Å²) in [6.45, 7) is 0. The Bertz CT molecular complexity index is 1620. The van der Waals surface area contributed by atoms with Crippen LogP contribution in [0.2, 0.25) is 10.0 Å². The zero-order chi connectivity index (χ0) is 23.7. The number of aromatic nitrogens is 3. The number of halogens is 2. The molecule has 0 aliphatic rings. The Morgan fingerprint density at radius 1 is 0.882 bits per heavy atom. The second kappa shape index (κ2) is 9.13. The fraction of sp³-hybridized carbons (Fsp3) is 0.0400. The number of hydrogen-bond acceptors (Lipinski definition) is 4. The molecular formula is C25H17Cl2N5O2. The van der Waals surface area contributed by atoms with Gasteiger partial charge in [-0.05, 0) is 48.0 Å². The molecule has 0 saturated heterocycles. The normalized spacial score (nSPS) is 11.0. The van der Waals surface area contributed by atoms with Crippen molar-refractivity contribution in [2.75, 3.05) is 10.6 Å². The van der Waals surface area contributed by atoms with E-state index in [1.165, 1.54) is 0 Å². The average molecular weight is 490 g/mol. The van der Waals surface area contributed by atoms with E-state index in [4.69, 9.17) is 23.2 Å². The largest absolute Gasteiger partial charge is 0.323 e. The first-order valence-electron chi connectivity index (χ1n) is 10.3. The van der Waals surface area contributed by atoms with Gasteiger partial charge in [0, 0.05) is 34.8 Å². The molecule has 0 aliphatic carbocycles. The molecule has 5 aromatic rings. The third-order valence-corrected chi connectivity index (χ3v) is 6.06. The molecule has 3 aromatic carbocycles. The summed E-state index contributed by atoms with van der Waals surface area (Å²) in [5.41, 5.74) is 3.20. The van der Waals surface area contributed by atoms with Crippen LogP contribution in [0.4, 0.5) is 16.2 Å². The standard InChI is InChI=1S/C25H17Cl2N5O2/c26-20-8-6-17(12-21(20)27)30-25(34)29-16-5-7-18-19(11-16)24(33)32-31-23(18)10-14-9-15-3-1-2-4-22(15)28-13-14/h1-9,11-13H,10H2,(H,32,33)(H2,29,30,34). The van der Waals surface area contributed by atoms with Crippen LogP contribution in [0.25, 0.3) is 21.7 Å². The van der Waals surface area contributed by atoms with Gasteiger partial charge in [-0.2, -0.15) is 5.10 Å². The molecule has 0 saturated carbocycles. The Balaban J connectivity index is 1.39. The van der Waals surface area contributed by atoms with Crippen LogP contribution < -0.4 is 16.2 Å². The van der Waals surface area contributed by atoms with Gasteiger partial charge in [-0.15, -0.1) is 0 Å². The number of para-hydroxylation sites is 1. The zero-order valence-electron chi connectivity index (χ0n) is 17.6. The Kier molecular flexibility index (Phi) is 5.88. The Morgan fingerprint density at radius 3 is 2.47 bits per heavy atom. The van der Waals surface area contributed by atoms with Gasteiger partial charge >= 0.3 is 6.03 Å². The number of nitrogens with one attached hydrogen (secondary N) is 3. The number of carbonyl (C=O) groups excluding carboxylic acids is 1. The predicted octanol–water partition coefficient (Wildman–Crippen LogP) is 6.01. The van der Waals surface area contributed by atoms with E-state index in [0.717, 1.165) is 16.5 Å². The lowest BCUT2D eigenvalue weighted by Gasteiger charge is -2.10. The molecule has 168 valence electrons. The van der Waals surface area contributed by atoms with Crippen LogP contribution >= 0.6 is 23.2 Å². The van der Waals surface area contributed by atoms with Crippen molar-refractivity contribution in [3.8, 4) is 0 Å². The van der Waals surface area contributed by atoms with Gasteiger partial charge in [0.2, 0.25) is 0 Å². The molecule has 2 aromatic heterocycles. The Labute approximate surface area is 203 Å². The van der Waals surface area contributed by atoms with Gasteiger partial charge in [0.15, 0.2) is 0 Å². The minimum Gasteiger partial charge on any atom is -0.308 e. The number of rotatable bonds is 4. The highest BCUT2D eigenvalue weighted by molar-refractivity contribution is 6.42. The van der Waals surface area contributed by atoms with Crippen molar-refractivity contribution in [2.45, 2.75) is 6.42 Å². The number of benzene rings is 3. The van der Waals surface area contributed by atoms with E-state index in [-0.39, 0.29) is 5.56 Å². The highest BCUT2D eigenvalue weighted by Gasteiger charge is 2.11. The monoisotopic (exact) mass is 489 g/mol. The van der Waals surface area contributed by atoms with E-state index in [0.29, 0.717) is 44.3 Å². The van der Waals surface area contributed by atoms with E-state index in [2.05, 4.69) is 31.9 Å². The van der Waals surface area contributed by atoms with E-state index in [1.54, 1.807) is 36.4 Å². The summed E-state index contributed by atoms with van der Waals surface area (Å²) in [6, 6.07) is 19.3. The van der Waals surface area contributed by atoms with Crippen molar-refractivity contribution in [1.82, 2.24) is 15.2 Å². The van der Waals surface area contributed by atoms with Crippen LogP contribution in [0.1, 0.15) is 11.3 Å². The number of nitrogens with zero attached hydrogens (tertiary/aromatic N) is 2. The molecule has 7 nitrogen and oxygen atoms in total. The van der Waals surface area contributed by atoms with E-state index < -0.39 is 6.03 Å². The van der Waals surface area contributed by atoms with Gasteiger partial charge < -0.3 is 10.6 Å². The van der Waals surface area contributed by atoms with Crippen molar-refractivity contribution in [2.24, 2.45) is 0 Å². The van der Waals surface area contributed by atoms with Crippen LogP contribution in [0.15, 0.2) is 77.7 Å². The van der Waals surface area contributed by atoms with Gasteiger partial charge in [0.25, 0.3) is 5.56 Å². The molecule has 0 atom stereocenters. The minimum atomic E-state index is -0.481. The first kappa shape index (κ1) is 21.9. The van der Waals surface area contributed by atoms with Gasteiger partial charge in [0.05, 0.1) is 26.6 Å². The quantitative estimate of drug-likeness (QED) is 0.287. The van der Waals surface area contributed by atoms with E-state index in [9.17, 15) is 9.59 Å². The number of carbonyl (C=O) groups is 1. The lowest BCUT2D eigenvalue weighted by Crippen LogP contribution is -2.20. The topological polar surface area (TPSA) is 99.8 Å². The summed E-state index contributed by atoms with van der Waals surface area (Å²) < 4.78 is 0. The van der Waals surface area contributed by atoms with Crippen molar-refractivity contribution < 1.29 is 4.79 Å². The summed E-state index contributed by atoms with van der Waals surface area (Å²) >= 11 is 11.9. The Morgan fingerprint density at radius 2 is 1.65 bits per heavy atom. The molecule has 0 unspecified atom stereocenters. The van der Waals surface area contributed by atoms with Crippen molar-refractivity contribution in [3.63, 3.8) is 0 Å². The SMILES string of the molecule is O=C(Nc1ccc(Cl)c(Cl)c1)Nc1ccc2c(Cc3cnc4ccccc4c3)n[nH]c(=O)c2c1. The number of fused-ring (bicyclic) bond motifs is 2. The summed E-state index contributed by atoms with van der Waals surface area (Å²) in [5.74, 6) is 0. The smallest absolute Gasteiger partial charge is 0.308 e. The molecule has 3 N–H and O–H groups in total. The maximum atomic E-state index is 12.5. The van der Waals surface area contributed by atoms with Crippen molar-refractivity contribution in [3.05, 3.63) is 105 Å². The zero-order valence-corrected chi connectivity index (χ0v) is 19.1. The molecule has 0 bridgehead atoms. The van der Waals surface area contributed by atoms with Crippen molar-refractivity contribution in [1.29, 1.82) is 0 Å². The molecular weight excluding hydrogens is 473 g/mol. The van der Waals surface area contributed by atoms with Crippen LogP contribution in [-0.2, 0) is 6.42 Å². The van der Waals surface area contributed by atoms with E-state index in [1.807, 2.05) is 30.5 Å². The molecule has 2 heterocycles. The fourth-order valence-electron chi connectivity index (χ4n) is 3.71. The highest BCUT2D eigenvalue weighted by Crippen LogP contribution is 2.25. The molecule has 9 heteroatoms. The van der Waals surface area contributed by atoms with Gasteiger partial charge in [0.1, 0.15) is 0 Å². The van der Waals surface area contributed by atoms with Gasteiger partial charge in [-0.25, -0.2) is 9.89 Å². The minimum absolute atomic E-state index is 0.332. The first-order valence-corrected chi connectivity index (χ1v) is 11.1. The molecule has 0 fully saturated rings. The van der Waals surface area contributed by atoms with Crippen LogP contribution in [-0.4, -0.2) is 21.2 Å².